The van der Waals surface area contributed by atoms with Crippen LogP contribution in [0.5, 0.6) is 0 Å². The monoisotopic (exact) mass is 423 g/mol. The molecule has 1 aromatic heterocycles. The van der Waals surface area contributed by atoms with Gasteiger partial charge in [0.05, 0.1) is 11.6 Å². The highest BCUT2D eigenvalue weighted by Crippen LogP contribution is 2.28. The van der Waals surface area contributed by atoms with Gasteiger partial charge < -0.3 is 5.32 Å². The molecule has 3 aromatic rings. The third kappa shape index (κ3) is 3.93. The summed E-state index contributed by atoms with van der Waals surface area (Å²) in [6, 6.07) is 17.3. The number of anilines is 1. The average molecular weight is 424 g/mol. The van der Waals surface area contributed by atoms with E-state index in [0.717, 1.165) is 11.1 Å². The zero-order chi connectivity index (χ0) is 20.4. The van der Waals surface area contributed by atoms with E-state index in [-0.39, 0.29) is 12.5 Å². The zero-order valence-electron chi connectivity index (χ0n) is 15.3. The molecule has 0 radical (unpaired) electrons. The van der Waals surface area contributed by atoms with Gasteiger partial charge in [0.25, 0.3) is 15.9 Å². The molecule has 0 saturated carbocycles. The summed E-state index contributed by atoms with van der Waals surface area (Å²) in [6.07, 6.45) is 0.629. The van der Waals surface area contributed by atoms with Crippen molar-refractivity contribution < 1.29 is 13.2 Å². The Morgan fingerprint density at radius 2 is 1.90 bits per heavy atom. The second-order valence-electron chi connectivity index (χ2n) is 6.65. The number of carbonyl (C=O) groups is 1. The molecule has 2 aromatic carbocycles. The number of carbonyl (C=O) groups excluding carboxylic acids is 1. The fourth-order valence-electron chi connectivity index (χ4n) is 3.25. The lowest BCUT2D eigenvalue weighted by molar-refractivity contribution is 0.102. The summed E-state index contributed by atoms with van der Waals surface area (Å²) in [5.74, 6) is -0.284. The first kappa shape index (κ1) is 19.3. The van der Waals surface area contributed by atoms with Crippen LogP contribution in [-0.4, -0.2) is 25.2 Å². The van der Waals surface area contributed by atoms with Crippen molar-refractivity contribution in [2.75, 3.05) is 11.9 Å². The number of benzene rings is 2. The van der Waals surface area contributed by atoms with Crippen molar-refractivity contribution in [3.63, 3.8) is 0 Å². The molecule has 1 aliphatic rings. The van der Waals surface area contributed by atoms with Crippen LogP contribution in [0.4, 0.5) is 5.69 Å². The number of nitrogens with zero attached hydrogens (tertiary/aromatic N) is 2. The maximum absolute atomic E-state index is 12.8. The summed E-state index contributed by atoms with van der Waals surface area (Å²) in [5, 5.41) is 13.4. The number of hydrogen-bond donors (Lipinski definition) is 1. The van der Waals surface area contributed by atoms with E-state index < -0.39 is 10.0 Å². The maximum atomic E-state index is 12.8. The standard InChI is InChI=1S/C21H17N3O3S2/c22-13-15-3-5-17(6-4-15)21(25)23-19-8-7-16-9-10-24(14-18(16)12-19)29(26,27)20-2-1-11-28-20/h1-8,11-12H,9-10,14H2,(H,23,25). The third-order valence-electron chi connectivity index (χ3n) is 4.81. The highest BCUT2D eigenvalue weighted by molar-refractivity contribution is 7.91. The van der Waals surface area contributed by atoms with Crippen LogP contribution in [0.3, 0.4) is 0 Å². The molecule has 0 saturated heterocycles. The van der Waals surface area contributed by atoms with Gasteiger partial charge in [-0.2, -0.15) is 9.57 Å². The molecule has 1 N–H and O–H groups in total. The van der Waals surface area contributed by atoms with E-state index in [2.05, 4.69) is 5.32 Å². The fraction of sp³-hybridized carbons (Fsp3) is 0.143. The molecule has 6 nitrogen and oxygen atoms in total. The zero-order valence-corrected chi connectivity index (χ0v) is 17.0. The van der Waals surface area contributed by atoms with Crippen LogP contribution in [0.2, 0.25) is 0 Å². The molecule has 0 fully saturated rings. The SMILES string of the molecule is N#Cc1ccc(C(=O)Nc2ccc3c(c2)CN(S(=O)(=O)c2cccs2)CC3)cc1. The number of amides is 1. The number of sulfonamides is 1. The first-order valence-electron chi connectivity index (χ1n) is 8.94. The van der Waals surface area contributed by atoms with Gasteiger partial charge in [-0.05, 0) is 65.4 Å². The summed E-state index contributed by atoms with van der Waals surface area (Å²) in [7, 11) is -3.51. The molecular weight excluding hydrogens is 406 g/mol. The van der Waals surface area contributed by atoms with Gasteiger partial charge >= 0.3 is 0 Å². The maximum Gasteiger partial charge on any atom is 0.255 e. The Bertz CT molecular complexity index is 1190. The van der Waals surface area contributed by atoms with E-state index in [1.54, 1.807) is 41.8 Å². The minimum absolute atomic E-state index is 0.274. The van der Waals surface area contributed by atoms with Gasteiger partial charge in [0.15, 0.2) is 0 Å². The Morgan fingerprint density at radius 3 is 2.59 bits per heavy atom. The van der Waals surface area contributed by atoms with E-state index in [1.165, 1.54) is 15.6 Å². The van der Waals surface area contributed by atoms with E-state index >= 15 is 0 Å². The highest BCUT2D eigenvalue weighted by atomic mass is 32.2. The molecule has 29 heavy (non-hydrogen) atoms. The fourth-order valence-corrected chi connectivity index (χ4v) is 5.81. The summed E-state index contributed by atoms with van der Waals surface area (Å²) >= 11 is 1.21. The van der Waals surface area contributed by atoms with Gasteiger partial charge in [0.1, 0.15) is 4.21 Å². The van der Waals surface area contributed by atoms with Crippen molar-refractivity contribution >= 4 is 33.0 Å². The minimum Gasteiger partial charge on any atom is -0.322 e. The van der Waals surface area contributed by atoms with Gasteiger partial charge in [-0.15, -0.1) is 11.3 Å². The van der Waals surface area contributed by atoms with Crippen LogP contribution in [0.1, 0.15) is 27.0 Å². The van der Waals surface area contributed by atoms with Crippen LogP contribution in [-0.2, 0) is 23.0 Å². The highest BCUT2D eigenvalue weighted by Gasteiger charge is 2.29. The number of nitrogens with one attached hydrogen (secondary N) is 1. The van der Waals surface area contributed by atoms with E-state index in [0.29, 0.717) is 34.0 Å². The Balaban J connectivity index is 1.53. The second-order valence-corrected chi connectivity index (χ2v) is 9.76. The summed E-state index contributed by atoms with van der Waals surface area (Å²) in [4.78, 5) is 12.5. The molecular formula is C21H17N3O3S2. The molecule has 0 bridgehead atoms. The molecule has 1 aliphatic heterocycles. The summed E-state index contributed by atoms with van der Waals surface area (Å²) < 4.78 is 27.4. The van der Waals surface area contributed by atoms with Gasteiger partial charge in [-0.25, -0.2) is 8.42 Å². The second kappa shape index (κ2) is 7.79. The smallest absolute Gasteiger partial charge is 0.255 e. The van der Waals surface area contributed by atoms with Crippen LogP contribution in [0.15, 0.2) is 64.2 Å². The van der Waals surface area contributed by atoms with E-state index in [4.69, 9.17) is 5.26 Å². The minimum atomic E-state index is -3.51. The normalized spacial score (nSPS) is 14.0. The topological polar surface area (TPSA) is 90.3 Å². The lowest BCUT2D eigenvalue weighted by atomic mass is 10.0. The van der Waals surface area contributed by atoms with Crippen molar-refractivity contribution in [1.82, 2.24) is 4.31 Å². The molecule has 0 spiro atoms. The molecule has 0 atom stereocenters. The quantitative estimate of drug-likeness (QED) is 0.694. The van der Waals surface area contributed by atoms with Gasteiger partial charge in [0, 0.05) is 24.3 Å². The van der Waals surface area contributed by atoms with E-state index in [9.17, 15) is 13.2 Å². The van der Waals surface area contributed by atoms with Crippen molar-refractivity contribution in [3.8, 4) is 6.07 Å². The predicted octanol–water partition coefficient (Wildman–Crippen LogP) is 3.62. The molecule has 1 amide bonds. The third-order valence-corrected chi connectivity index (χ3v) is 8.02. The first-order chi connectivity index (χ1) is 14.0. The molecule has 146 valence electrons. The van der Waals surface area contributed by atoms with Crippen LogP contribution >= 0.6 is 11.3 Å². The lowest BCUT2D eigenvalue weighted by Crippen LogP contribution is -2.35. The first-order valence-corrected chi connectivity index (χ1v) is 11.3. The number of rotatable bonds is 4. The Morgan fingerprint density at radius 1 is 1.10 bits per heavy atom. The van der Waals surface area contributed by atoms with Crippen molar-refractivity contribution in [1.29, 1.82) is 5.26 Å². The number of thiophene rings is 1. The predicted molar refractivity (Wildman–Crippen MR) is 111 cm³/mol. The molecule has 4 rings (SSSR count). The van der Waals surface area contributed by atoms with Gasteiger partial charge in [-0.1, -0.05) is 12.1 Å². The molecule has 0 unspecified atom stereocenters. The van der Waals surface area contributed by atoms with E-state index in [1.807, 2.05) is 24.3 Å². The van der Waals surface area contributed by atoms with Gasteiger partial charge in [0.2, 0.25) is 0 Å². The molecule has 8 heteroatoms. The number of fused-ring (bicyclic) bond motifs is 1. The van der Waals surface area contributed by atoms with Crippen molar-refractivity contribution in [2.24, 2.45) is 0 Å². The van der Waals surface area contributed by atoms with Crippen molar-refractivity contribution in [2.45, 2.75) is 17.2 Å². The van der Waals surface area contributed by atoms with Crippen LogP contribution in [0.25, 0.3) is 0 Å². The largest absolute Gasteiger partial charge is 0.322 e. The van der Waals surface area contributed by atoms with Gasteiger partial charge in [-0.3, -0.25) is 4.79 Å². The summed E-state index contributed by atoms with van der Waals surface area (Å²) in [6.45, 7) is 0.709. The van der Waals surface area contributed by atoms with Crippen LogP contribution in [0, 0.1) is 11.3 Å². The molecule has 0 aliphatic carbocycles. The Kier molecular flexibility index (Phi) is 5.20. The van der Waals surface area contributed by atoms with Crippen LogP contribution < -0.4 is 5.32 Å². The average Bonchev–Trinajstić information content (AvgIpc) is 3.29. The Labute approximate surface area is 173 Å². The molecule has 2 heterocycles. The number of nitriles is 1. The summed E-state index contributed by atoms with van der Waals surface area (Å²) in [5.41, 5.74) is 3.51. The van der Waals surface area contributed by atoms with Crippen molar-refractivity contribution in [3.05, 3.63) is 82.2 Å². The number of hydrogen-bond acceptors (Lipinski definition) is 5. The lowest BCUT2D eigenvalue weighted by Gasteiger charge is -2.28. The Hall–Kier alpha value is -2.99.